The molecule has 2 rings (SSSR count). The van der Waals surface area contributed by atoms with E-state index < -0.39 is 0 Å². The lowest BCUT2D eigenvalue weighted by Crippen LogP contribution is -1.74. The summed E-state index contributed by atoms with van der Waals surface area (Å²) in [7, 11) is 0. The van der Waals surface area contributed by atoms with Crippen LogP contribution in [0.5, 0.6) is 0 Å². The van der Waals surface area contributed by atoms with Gasteiger partial charge in [-0.25, -0.2) is 0 Å². The van der Waals surface area contributed by atoms with Crippen molar-refractivity contribution < 1.29 is 0 Å². The van der Waals surface area contributed by atoms with Crippen molar-refractivity contribution >= 4 is 35.2 Å². The molecule has 12 heavy (non-hydrogen) atoms. The van der Waals surface area contributed by atoms with Gasteiger partial charge < -0.3 is 0 Å². The summed E-state index contributed by atoms with van der Waals surface area (Å²) in [5.41, 5.74) is 0. The summed E-state index contributed by atoms with van der Waals surface area (Å²) < 4.78 is 0.439. The summed E-state index contributed by atoms with van der Waals surface area (Å²) in [5.74, 6) is 0.694. The number of nitrogens with zero attached hydrogens (tertiary/aromatic N) is 1. The topological polar surface area (TPSA) is 44.5 Å². The number of aromatic nitrogens is 3. The summed E-state index contributed by atoms with van der Waals surface area (Å²) in [6, 6.07) is 1.83. The number of aromatic amines is 2. The minimum atomic E-state index is 0.439. The second-order valence-corrected chi connectivity index (χ2v) is 3.82. The van der Waals surface area contributed by atoms with E-state index in [4.69, 9.17) is 23.8 Å². The largest absolute Gasteiger partial charge is 0.281 e. The Kier molecular flexibility index (Phi) is 2.00. The minimum Gasteiger partial charge on any atom is -0.281 e. The summed E-state index contributed by atoms with van der Waals surface area (Å²) in [5, 5.41) is 8.14. The molecule has 0 aliphatic heterocycles. The molecule has 0 fully saturated rings. The van der Waals surface area contributed by atoms with Gasteiger partial charge in [0.25, 0.3) is 0 Å². The third kappa shape index (κ3) is 1.31. The van der Waals surface area contributed by atoms with E-state index in [9.17, 15) is 0 Å². The molecule has 0 unspecified atom stereocenters. The zero-order valence-corrected chi connectivity index (χ0v) is 8.19. The average Bonchev–Trinajstić information content (AvgIpc) is 2.58. The van der Waals surface area contributed by atoms with Crippen LogP contribution in [-0.2, 0) is 0 Å². The molecule has 6 heteroatoms. The number of thiophene rings is 1. The van der Waals surface area contributed by atoms with Crippen molar-refractivity contribution in [3.63, 3.8) is 0 Å². The van der Waals surface area contributed by atoms with Gasteiger partial charge in [0.15, 0.2) is 5.82 Å². The number of rotatable bonds is 1. The third-order valence-corrected chi connectivity index (χ3v) is 2.87. The van der Waals surface area contributed by atoms with Gasteiger partial charge in [-0.2, -0.15) is 4.98 Å². The molecule has 0 aliphatic rings. The Balaban J connectivity index is 2.57. The predicted molar refractivity (Wildman–Crippen MR) is 52.1 cm³/mol. The smallest absolute Gasteiger partial charge is 0.213 e. The Hall–Kier alpha value is -0.650. The lowest BCUT2D eigenvalue weighted by atomic mass is 10.4. The first kappa shape index (κ1) is 7.97. The molecule has 0 aromatic carbocycles. The predicted octanol–water partition coefficient (Wildman–Crippen LogP) is 2.85. The Morgan fingerprint density at radius 3 is 2.83 bits per heavy atom. The fourth-order valence-electron chi connectivity index (χ4n) is 0.840. The molecular weight excluding hydrogens is 214 g/mol. The van der Waals surface area contributed by atoms with Gasteiger partial charge in [-0.15, -0.1) is 11.3 Å². The molecule has 0 bridgehead atoms. The number of hydrogen-bond donors (Lipinski definition) is 2. The zero-order valence-electron chi connectivity index (χ0n) is 5.80. The summed E-state index contributed by atoms with van der Waals surface area (Å²) in [6.45, 7) is 0. The highest BCUT2D eigenvalue weighted by Gasteiger charge is 2.06. The summed E-state index contributed by atoms with van der Waals surface area (Å²) >= 11 is 12.2. The molecule has 2 heterocycles. The molecule has 2 aromatic rings. The van der Waals surface area contributed by atoms with Crippen LogP contribution in [0, 0.1) is 4.77 Å². The van der Waals surface area contributed by atoms with Crippen molar-refractivity contribution in [2.45, 2.75) is 0 Å². The van der Waals surface area contributed by atoms with Crippen LogP contribution in [0.3, 0.4) is 0 Å². The van der Waals surface area contributed by atoms with E-state index in [0.717, 1.165) is 4.88 Å². The highest BCUT2D eigenvalue weighted by molar-refractivity contribution is 7.71. The fourth-order valence-corrected chi connectivity index (χ4v) is 2.07. The Morgan fingerprint density at radius 2 is 2.33 bits per heavy atom. The molecule has 0 atom stereocenters. The van der Waals surface area contributed by atoms with E-state index in [1.165, 1.54) is 11.3 Å². The van der Waals surface area contributed by atoms with Gasteiger partial charge in [0.05, 0.1) is 9.90 Å². The van der Waals surface area contributed by atoms with Crippen molar-refractivity contribution in [3.05, 3.63) is 21.2 Å². The third-order valence-electron chi connectivity index (χ3n) is 1.33. The van der Waals surface area contributed by atoms with Crippen LogP contribution in [0.4, 0.5) is 0 Å². The quantitative estimate of drug-likeness (QED) is 0.722. The van der Waals surface area contributed by atoms with Gasteiger partial charge in [-0.3, -0.25) is 10.2 Å². The van der Waals surface area contributed by atoms with Gasteiger partial charge >= 0.3 is 0 Å². The monoisotopic (exact) mass is 217 g/mol. The van der Waals surface area contributed by atoms with Crippen molar-refractivity contribution in [2.75, 3.05) is 0 Å². The van der Waals surface area contributed by atoms with Crippen molar-refractivity contribution in [2.24, 2.45) is 0 Å². The zero-order chi connectivity index (χ0) is 8.55. The van der Waals surface area contributed by atoms with Crippen LogP contribution >= 0.6 is 35.2 Å². The van der Waals surface area contributed by atoms with Crippen LogP contribution in [0.15, 0.2) is 11.4 Å². The lowest BCUT2D eigenvalue weighted by molar-refractivity contribution is 1.08. The van der Waals surface area contributed by atoms with Crippen LogP contribution in [0.25, 0.3) is 10.7 Å². The Morgan fingerprint density at radius 1 is 1.50 bits per heavy atom. The maximum atomic E-state index is 5.89. The SMILES string of the molecule is S=c1nc(-c2sccc2Cl)[nH][nH]1. The van der Waals surface area contributed by atoms with Gasteiger partial charge in [0, 0.05) is 0 Å². The molecule has 3 nitrogen and oxygen atoms in total. The van der Waals surface area contributed by atoms with E-state index in [1.807, 2.05) is 11.4 Å². The van der Waals surface area contributed by atoms with Crippen LogP contribution in [0.2, 0.25) is 5.02 Å². The molecule has 0 radical (unpaired) electrons. The first-order chi connectivity index (χ1) is 5.77. The molecule has 0 spiro atoms. The van der Waals surface area contributed by atoms with E-state index in [-0.39, 0.29) is 0 Å². The average molecular weight is 218 g/mol. The van der Waals surface area contributed by atoms with Crippen molar-refractivity contribution in [1.29, 1.82) is 0 Å². The highest BCUT2D eigenvalue weighted by Crippen LogP contribution is 2.30. The number of hydrogen-bond acceptors (Lipinski definition) is 3. The van der Waals surface area contributed by atoms with Crippen LogP contribution in [0.1, 0.15) is 0 Å². The fraction of sp³-hybridized carbons (Fsp3) is 0. The maximum Gasteiger partial charge on any atom is 0.213 e. The highest BCUT2D eigenvalue weighted by atomic mass is 35.5. The Bertz CT molecular complexity index is 441. The molecule has 0 amide bonds. The first-order valence-electron chi connectivity index (χ1n) is 3.15. The van der Waals surface area contributed by atoms with Crippen molar-refractivity contribution in [3.8, 4) is 10.7 Å². The lowest BCUT2D eigenvalue weighted by Gasteiger charge is -1.88. The molecule has 0 saturated carbocycles. The maximum absolute atomic E-state index is 5.89. The van der Waals surface area contributed by atoms with Gasteiger partial charge in [0.1, 0.15) is 0 Å². The van der Waals surface area contributed by atoms with E-state index in [2.05, 4.69) is 15.2 Å². The van der Waals surface area contributed by atoms with E-state index >= 15 is 0 Å². The van der Waals surface area contributed by atoms with E-state index in [0.29, 0.717) is 15.6 Å². The van der Waals surface area contributed by atoms with Crippen molar-refractivity contribution in [1.82, 2.24) is 15.2 Å². The molecule has 0 aliphatic carbocycles. The van der Waals surface area contributed by atoms with Gasteiger partial charge in [-0.1, -0.05) is 11.6 Å². The van der Waals surface area contributed by atoms with Gasteiger partial charge in [-0.05, 0) is 23.7 Å². The molecule has 2 N–H and O–H groups in total. The van der Waals surface area contributed by atoms with Crippen LogP contribution < -0.4 is 0 Å². The summed E-state index contributed by atoms with van der Waals surface area (Å²) in [4.78, 5) is 4.95. The van der Waals surface area contributed by atoms with E-state index in [1.54, 1.807) is 0 Å². The Labute approximate surface area is 82.4 Å². The molecule has 0 saturated heterocycles. The minimum absolute atomic E-state index is 0.439. The molecular formula is C6H4ClN3S2. The first-order valence-corrected chi connectivity index (χ1v) is 4.82. The molecule has 62 valence electrons. The van der Waals surface area contributed by atoms with Gasteiger partial charge in [0.2, 0.25) is 4.77 Å². The second kappa shape index (κ2) is 3.01. The normalized spacial score (nSPS) is 10.4. The number of halogens is 1. The number of nitrogens with one attached hydrogen (secondary N) is 2. The standard InChI is InChI=1S/C6H4ClN3S2/c7-3-1-2-12-4(3)5-8-6(11)10-9-5/h1-2H,(H2,8,9,10,11). The summed E-state index contributed by atoms with van der Waals surface area (Å²) in [6.07, 6.45) is 0. The molecule has 2 aromatic heterocycles. The number of H-pyrrole nitrogens is 2. The second-order valence-electron chi connectivity index (χ2n) is 2.11. The van der Waals surface area contributed by atoms with Crippen LogP contribution in [-0.4, -0.2) is 15.2 Å².